The Morgan fingerprint density at radius 3 is 2.19 bits per heavy atom. The molecule has 10 heteroatoms. The molecule has 260 valence electrons. The van der Waals surface area contributed by atoms with Crippen LogP contribution in [0.1, 0.15) is 94.5 Å². The van der Waals surface area contributed by atoms with Crippen LogP contribution < -0.4 is 10.6 Å². The smallest absolute Gasteiger partial charge is 0.408 e. The number of ether oxygens (including phenoxy) is 1. The molecule has 0 bridgehead atoms. The first kappa shape index (κ1) is 38.2. The predicted molar refractivity (Wildman–Crippen MR) is 190 cm³/mol. The van der Waals surface area contributed by atoms with Gasteiger partial charge in [0, 0.05) is 13.0 Å². The third-order valence-electron chi connectivity index (χ3n) is 7.97. The van der Waals surface area contributed by atoms with E-state index < -0.39 is 35.6 Å². The van der Waals surface area contributed by atoms with Gasteiger partial charge >= 0.3 is 6.09 Å². The fourth-order valence-electron chi connectivity index (χ4n) is 5.45. The largest absolute Gasteiger partial charge is 0.508 e. The molecular formula is C38H50ClN3O6. The number of phenolic OH excluding ortho intramolecular Hbond substituents is 2. The Balaban J connectivity index is 2.11. The first-order valence-corrected chi connectivity index (χ1v) is 17.0. The van der Waals surface area contributed by atoms with Gasteiger partial charge < -0.3 is 30.5 Å². The number of carbonyl (C=O) groups is 3. The SMILES string of the molecule is CCCCCCCCN(C(=O)C(Cc1ccc(O)cc1)NC(=O)OC(C)(C)C)C(C(=O)Nc1c(C)cccc1Cl)c1ccc(O)c(C)c1. The molecule has 4 N–H and O–H groups in total. The van der Waals surface area contributed by atoms with Crippen LogP contribution >= 0.6 is 11.6 Å². The average Bonchev–Trinajstić information content (AvgIpc) is 3.01. The number of unbranched alkanes of at least 4 members (excludes halogenated alkanes) is 5. The second-order valence-electron chi connectivity index (χ2n) is 13.2. The number of hydrogen-bond acceptors (Lipinski definition) is 6. The van der Waals surface area contributed by atoms with Crippen molar-refractivity contribution >= 4 is 35.2 Å². The number of rotatable bonds is 15. The normalized spacial score (nSPS) is 12.6. The lowest BCUT2D eigenvalue weighted by Crippen LogP contribution is -2.53. The summed E-state index contributed by atoms with van der Waals surface area (Å²) in [6.07, 6.45) is 5.05. The Hall–Kier alpha value is -4.24. The Morgan fingerprint density at radius 1 is 0.896 bits per heavy atom. The number of carbonyl (C=O) groups excluding carboxylic acids is 3. The Labute approximate surface area is 289 Å². The molecule has 3 rings (SSSR count). The van der Waals surface area contributed by atoms with E-state index in [-0.39, 0.29) is 24.5 Å². The molecule has 9 nitrogen and oxygen atoms in total. The number of phenols is 2. The molecule has 0 fully saturated rings. The van der Waals surface area contributed by atoms with E-state index in [4.69, 9.17) is 16.3 Å². The van der Waals surface area contributed by atoms with Crippen LogP contribution in [0.2, 0.25) is 5.02 Å². The molecule has 2 atom stereocenters. The summed E-state index contributed by atoms with van der Waals surface area (Å²) in [6.45, 7) is 11.1. The predicted octanol–water partition coefficient (Wildman–Crippen LogP) is 8.37. The van der Waals surface area contributed by atoms with Crippen molar-refractivity contribution in [3.63, 3.8) is 0 Å². The monoisotopic (exact) mass is 679 g/mol. The van der Waals surface area contributed by atoms with E-state index >= 15 is 0 Å². The number of para-hydroxylation sites is 1. The Bertz CT molecular complexity index is 1520. The van der Waals surface area contributed by atoms with E-state index in [1.807, 2.05) is 13.0 Å². The number of anilines is 1. The van der Waals surface area contributed by atoms with Crippen LogP contribution in [0.4, 0.5) is 10.5 Å². The first-order valence-electron chi connectivity index (χ1n) is 16.6. The van der Waals surface area contributed by atoms with Gasteiger partial charge in [0.25, 0.3) is 5.91 Å². The highest BCUT2D eigenvalue weighted by Gasteiger charge is 2.37. The second-order valence-corrected chi connectivity index (χ2v) is 13.6. The van der Waals surface area contributed by atoms with Crippen LogP contribution in [0.25, 0.3) is 0 Å². The number of nitrogens with one attached hydrogen (secondary N) is 2. The summed E-state index contributed by atoms with van der Waals surface area (Å²) in [4.78, 5) is 43.8. The molecular weight excluding hydrogens is 630 g/mol. The summed E-state index contributed by atoms with van der Waals surface area (Å²) in [5, 5.41) is 26.3. The zero-order valence-electron chi connectivity index (χ0n) is 28.9. The third kappa shape index (κ3) is 11.5. The number of aryl methyl sites for hydroxylation is 2. The zero-order chi connectivity index (χ0) is 35.4. The van der Waals surface area contributed by atoms with Crippen molar-refractivity contribution in [3.05, 3.63) is 87.9 Å². The van der Waals surface area contributed by atoms with Crippen molar-refractivity contribution < 1.29 is 29.3 Å². The molecule has 0 radical (unpaired) electrons. The lowest BCUT2D eigenvalue weighted by Gasteiger charge is -2.35. The Morgan fingerprint density at radius 2 is 1.56 bits per heavy atom. The standard InChI is InChI=1S/C38H50ClN3O6/c1-7-8-9-10-11-12-22-42(36(46)31(40-37(47)48-38(4,5)6)24-27-16-19-29(43)20-17-27)34(28-18-21-32(44)26(3)23-28)35(45)41-33-25(2)14-13-15-30(33)39/h13-21,23,31,34,43-44H,7-12,22,24H2,1-6H3,(H,40,47)(H,41,45). The molecule has 0 spiro atoms. The number of nitrogens with zero attached hydrogens (tertiary/aromatic N) is 1. The van der Waals surface area contributed by atoms with Gasteiger partial charge in [0.05, 0.1) is 10.7 Å². The summed E-state index contributed by atoms with van der Waals surface area (Å²) >= 11 is 6.51. The van der Waals surface area contributed by atoms with Crippen molar-refractivity contribution in [1.82, 2.24) is 10.2 Å². The van der Waals surface area contributed by atoms with Crippen LogP contribution in [0.15, 0.2) is 60.7 Å². The van der Waals surface area contributed by atoms with E-state index in [9.17, 15) is 24.6 Å². The van der Waals surface area contributed by atoms with E-state index in [1.54, 1.807) is 64.1 Å². The molecule has 0 saturated carbocycles. The quantitative estimate of drug-likeness (QED) is 0.120. The van der Waals surface area contributed by atoms with Gasteiger partial charge in [0.2, 0.25) is 5.91 Å². The number of hydrogen-bond donors (Lipinski definition) is 4. The number of amides is 3. The van der Waals surface area contributed by atoms with Crippen LogP contribution in [-0.4, -0.2) is 51.2 Å². The van der Waals surface area contributed by atoms with Gasteiger partial charge in [-0.15, -0.1) is 0 Å². The van der Waals surface area contributed by atoms with Crippen molar-refractivity contribution in [1.29, 1.82) is 0 Å². The molecule has 3 aromatic carbocycles. The molecule has 0 aliphatic carbocycles. The highest BCUT2D eigenvalue weighted by Crippen LogP contribution is 2.32. The van der Waals surface area contributed by atoms with Gasteiger partial charge in [-0.3, -0.25) is 9.59 Å². The zero-order valence-corrected chi connectivity index (χ0v) is 29.7. The fraction of sp³-hybridized carbons (Fsp3) is 0.447. The van der Waals surface area contributed by atoms with Crippen molar-refractivity contribution in [2.24, 2.45) is 0 Å². The highest BCUT2D eigenvalue weighted by atomic mass is 35.5. The number of alkyl carbamates (subject to hydrolysis) is 1. The van der Waals surface area contributed by atoms with E-state index in [1.165, 1.54) is 23.1 Å². The van der Waals surface area contributed by atoms with Gasteiger partial charge in [-0.25, -0.2) is 4.79 Å². The number of benzene rings is 3. The molecule has 0 heterocycles. The topological polar surface area (TPSA) is 128 Å². The minimum Gasteiger partial charge on any atom is -0.508 e. The fourth-order valence-corrected chi connectivity index (χ4v) is 5.72. The summed E-state index contributed by atoms with van der Waals surface area (Å²) < 4.78 is 5.54. The third-order valence-corrected chi connectivity index (χ3v) is 8.28. The lowest BCUT2D eigenvalue weighted by molar-refractivity contribution is -0.140. The molecule has 48 heavy (non-hydrogen) atoms. The second kappa shape index (κ2) is 17.8. The highest BCUT2D eigenvalue weighted by molar-refractivity contribution is 6.34. The van der Waals surface area contributed by atoms with Crippen LogP contribution in [0, 0.1) is 13.8 Å². The minimum atomic E-state index is -1.13. The van der Waals surface area contributed by atoms with Crippen LogP contribution in [0.3, 0.4) is 0 Å². The van der Waals surface area contributed by atoms with Crippen LogP contribution in [0.5, 0.6) is 11.5 Å². The van der Waals surface area contributed by atoms with Crippen molar-refractivity contribution in [2.45, 2.75) is 104 Å². The van der Waals surface area contributed by atoms with Gasteiger partial charge in [0.15, 0.2) is 0 Å². The maximum atomic E-state index is 14.8. The maximum Gasteiger partial charge on any atom is 0.408 e. The maximum absolute atomic E-state index is 14.8. The molecule has 0 aliphatic heterocycles. The Kier molecular flexibility index (Phi) is 14.2. The molecule has 3 amide bonds. The number of aromatic hydroxyl groups is 2. The molecule has 3 aromatic rings. The summed E-state index contributed by atoms with van der Waals surface area (Å²) in [6, 6.07) is 14.3. The van der Waals surface area contributed by atoms with Gasteiger partial charge in [-0.1, -0.05) is 81.0 Å². The average molecular weight is 680 g/mol. The lowest BCUT2D eigenvalue weighted by atomic mass is 9.98. The van der Waals surface area contributed by atoms with Crippen molar-refractivity contribution in [2.75, 3.05) is 11.9 Å². The van der Waals surface area contributed by atoms with E-state index in [2.05, 4.69) is 17.6 Å². The molecule has 0 aliphatic rings. The number of halogens is 1. The van der Waals surface area contributed by atoms with E-state index in [0.29, 0.717) is 33.8 Å². The van der Waals surface area contributed by atoms with Gasteiger partial charge in [-0.05, 0) is 93.6 Å². The van der Waals surface area contributed by atoms with Crippen LogP contribution in [-0.2, 0) is 20.7 Å². The van der Waals surface area contributed by atoms with E-state index in [0.717, 1.165) is 37.7 Å². The van der Waals surface area contributed by atoms with Gasteiger partial charge in [-0.2, -0.15) is 0 Å². The summed E-state index contributed by atoms with van der Waals surface area (Å²) in [5.74, 6) is -0.841. The molecule has 2 unspecified atom stereocenters. The molecule has 0 aromatic heterocycles. The minimum absolute atomic E-state index is 0.0606. The molecule has 0 saturated heterocycles. The summed E-state index contributed by atoms with van der Waals surface area (Å²) in [5.41, 5.74) is 2.10. The summed E-state index contributed by atoms with van der Waals surface area (Å²) in [7, 11) is 0. The first-order chi connectivity index (χ1) is 22.7. The van der Waals surface area contributed by atoms with Gasteiger partial charge in [0.1, 0.15) is 29.2 Å². The van der Waals surface area contributed by atoms with Crippen molar-refractivity contribution in [3.8, 4) is 11.5 Å².